The summed E-state index contributed by atoms with van der Waals surface area (Å²) < 4.78 is 0. The Bertz CT molecular complexity index is 693. The van der Waals surface area contributed by atoms with E-state index in [0.29, 0.717) is 0 Å². The van der Waals surface area contributed by atoms with Gasteiger partial charge in [-0.05, 0) is 30.2 Å². The number of rotatable bonds is 7. The van der Waals surface area contributed by atoms with Crippen molar-refractivity contribution in [3.63, 3.8) is 0 Å². The van der Waals surface area contributed by atoms with Gasteiger partial charge in [0, 0.05) is 12.6 Å². The molecule has 0 amide bonds. The lowest BCUT2D eigenvalue weighted by Crippen LogP contribution is -2.40. The van der Waals surface area contributed by atoms with Crippen LogP contribution in [0.5, 0.6) is 0 Å². The molecule has 0 bridgehead atoms. The number of nitrogens with zero attached hydrogens (tertiary/aromatic N) is 1. The summed E-state index contributed by atoms with van der Waals surface area (Å²) in [6, 6.07) is 31.9. The van der Waals surface area contributed by atoms with Crippen LogP contribution in [-0.4, -0.2) is 18.0 Å². The molecule has 0 spiro atoms. The van der Waals surface area contributed by atoms with Gasteiger partial charge >= 0.3 is 0 Å². The highest BCUT2D eigenvalue weighted by atomic mass is 15.1. The van der Waals surface area contributed by atoms with Crippen molar-refractivity contribution in [3.8, 4) is 0 Å². The SMILES string of the molecule is CN(Cc1ccccc1)C(c1ccccc1)C(N)Cc1ccccc1. The summed E-state index contributed by atoms with van der Waals surface area (Å²) in [7, 11) is 2.16. The average molecular weight is 330 g/mol. The van der Waals surface area contributed by atoms with Crippen LogP contribution in [0, 0.1) is 0 Å². The van der Waals surface area contributed by atoms with Crippen molar-refractivity contribution < 1.29 is 0 Å². The van der Waals surface area contributed by atoms with Crippen LogP contribution in [0.2, 0.25) is 0 Å². The van der Waals surface area contributed by atoms with Crippen LogP contribution in [0.15, 0.2) is 91.0 Å². The van der Waals surface area contributed by atoms with Gasteiger partial charge in [0.1, 0.15) is 0 Å². The molecule has 2 nitrogen and oxygen atoms in total. The molecule has 2 unspecified atom stereocenters. The summed E-state index contributed by atoms with van der Waals surface area (Å²) in [6.45, 7) is 0.878. The maximum absolute atomic E-state index is 6.69. The minimum atomic E-state index is 0.0264. The van der Waals surface area contributed by atoms with E-state index in [2.05, 4.69) is 96.9 Å². The lowest BCUT2D eigenvalue weighted by atomic mass is 9.93. The van der Waals surface area contributed by atoms with Gasteiger partial charge in [-0.25, -0.2) is 0 Å². The fourth-order valence-electron chi connectivity index (χ4n) is 3.45. The Labute approximate surface area is 150 Å². The van der Waals surface area contributed by atoms with Gasteiger partial charge in [-0.3, -0.25) is 4.90 Å². The van der Waals surface area contributed by atoms with Crippen molar-refractivity contribution >= 4 is 0 Å². The summed E-state index contributed by atoms with van der Waals surface area (Å²) in [5, 5.41) is 0. The molecule has 0 aromatic heterocycles. The lowest BCUT2D eigenvalue weighted by molar-refractivity contribution is 0.203. The highest BCUT2D eigenvalue weighted by Gasteiger charge is 2.24. The van der Waals surface area contributed by atoms with Crippen LogP contribution < -0.4 is 5.73 Å². The molecule has 0 aliphatic carbocycles. The van der Waals surface area contributed by atoms with Gasteiger partial charge in [0.05, 0.1) is 6.04 Å². The fraction of sp³-hybridized carbons (Fsp3) is 0.217. The van der Waals surface area contributed by atoms with E-state index in [1.54, 1.807) is 0 Å². The van der Waals surface area contributed by atoms with Crippen molar-refractivity contribution in [2.24, 2.45) is 5.73 Å². The lowest BCUT2D eigenvalue weighted by Gasteiger charge is -2.33. The number of hydrogen-bond donors (Lipinski definition) is 1. The van der Waals surface area contributed by atoms with Crippen molar-refractivity contribution in [3.05, 3.63) is 108 Å². The average Bonchev–Trinajstić information content (AvgIpc) is 2.64. The van der Waals surface area contributed by atoms with E-state index in [-0.39, 0.29) is 12.1 Å². The van der Waals surface area contributed by atoms with Gasteiger partial charge in [-0.1, -0.05) is 91.0 Å². The van der Waals surface area contributed by atoms with Crippen LogP contribution in [-0.2, 0) is 13.0 Å². The Morgan fingerprint density at radius 3 is 1.76 bits per heavy atom. The molecule has 3 aromatic carbocycles. The fourth-order valence-corrected chi connectivity index (χ4v) is 3.45. The first-order chi connectivity index (χ1) is 12.2. The molecule has 0 fully saturated rings. The third kappa shape index (κ3) is 4.79. The summed E-state index contributed by atoms with van der Waals surface area (Å²) >= 11 is 0. The van der Waals surface area contributed by atoms with Crippen molar-refractivity contribution in [2.45, 2.75) is 25.0 Å². The molecule has 2 heteroatoms. The summed E-state index contributed by atoms with van der Waals surface area (Å²) in [5.41, 5.74) is 10.5. The van der Waals surface area contributed by atoms with Crippen LogP contribution in [0.25, 0.3) is 0 Å². The van der Waals surface area contributed by atoms with Gasteiger partial charge in [0.15, 0.2) is 0 Å². The monoisotopic (exact) mass is 330 g/mol. The molecule has 0 saturated carbocycles. The Morgan fingerprint density at radius 1 is 0.720 bits per heavy atom. The minimum Gasteiger partial charge on any atom is -0.326 e. The van der Waals surface area contributed by atoms with E-state index < -0.39 is 0 Å². The van der Waals surface area contributed by atoms with Gasteiger partial charge < -0.3 is 5.73 Å². The second kappa shape index (κ2) is 8.61. The van der Waals surface area contributed by atoms with Gasteiger partial charge in [-0.2, -0.15) is 0 Å². The van der Waals surface area contributed by atoms with Crippen LogP contribution in [0.4, 0.5) is 0 Å². The van der Waals surface area contributed by atoms with Crippen LogP contribution >= 0.6 is 0 Å². The summed E-state index contributed by atoms with van der Waals surface area (Å²) in [6.07, 6.45) is 0.861. The molecular formula is C23H26N2. The van der Waals surface area contributed by atoms with E-state index >= 15 is 0 Å². The molecule has 2 atom stereocenters. The maximum Gasteiger partial charge on any atom is 0.0502 e. The van der Waals surface area contributed by atoms with Crippen molar-refractivity contribution in [1.82, 2.24) is 4.90 Å². The quantitative estimate of drug-likeness (QED) is 0.694. The largest absolute Gasteiger partial charge is 0.326 e. The highest BCUT2D eigenvalue weighted by molar-refractivity contribution is 5.24. The highest BCUT2D eigenvalue weighted by Crippen LogP contribution is 2.26. The minimum absolute atomic E-state index is 0.0264. The van der Waals surface area contributed by atoms with E-state index in [1.165, 1.54) is 16.7 Å². The van der Waals surface area contributed by atoms with Crippen LogP contribution in [0.1, 0.15) is 22.7 Å². The molecular weight excluding hydrogens is 304 g/mol. The first kappa shape index (κ1) is 17.4. The zero-order valence-corrected chi connectivity index (χ0v) is 14.8. The number of likely N-dealkylation sites (N-methyl/N-ethyl adjacent to an activating group) is 1. The third-order valence-corrected chi connectivity index (χ3v) is 4.61. The summed E-state index contributed by atoms with van der Waals surface area (Å²) in [4.78, 5) is 2.36. The second-order valence-corrected chi connectivity index (χ2v) is 6.61. The third-order valence-electron chi connectivity index (χ3n) is 4.61. The molecule has 0 saturated heterocycles. The zero-order valence-electron chi connectivity index (χ0n) is 14.8. The normalized spacial score (nSPS) is 13.6. The second-order valence-electron chi connectivity index (χ2n) is 6.61. The topological polar surface area (TPSA) is 29.3 Å². The molecule has 2 N–H and O–H groups in total. The standard InChI is InChI=1S/C23H26N2/c1-25(18-20-13-7-3-8-14-20)23(21-15-9-4-10-16-21)22(24)17-19-11-5-2-6-12-19/h2-16,22-23H,17-18,24H2,1H3. The number of hydrogen-bond acceptors (Lipinski definition) is 2. The molecule has 0 radical (unpaired) electrons. The Hall–Kier alpha value is -2.42. The number of benzene rings is 3. The van der Waals surface area contributed by atoms with E-state index in [0.717, 1.165) is 13.0 Å². The predicted octanol–water partition coefficient (Wildman–Crippen LogP) is 4.43. The van der Waals surface area contributed by atoms with Gasteiger partial charge in [-0.15, -0.1) is 0 Å². The number of nitrogens with two attached hydrogens (primary N) is 1. The molecule has 0 aliphatic heterocycles. The molecule has 0 heterocycles. The van der Waals surface area contributed by atoms with E-state index in [1.807, 2.05) is 6.07 Å². The first-order valence-corrected chi connectivity index (χ1v) is 8.82. The Morgan fingerprint density at radius 2 is 1.20 bits per heavy atom. The molecule has 0 aliphatic rings. The predicted molar refractivity (Wildman–Crippen MR) is 105 cm³/mol. The van der Waals surface area contributed by atoms with Gasteiger partial charge in [0.25, 0.3) is 0 Å². The molecule has 25 heavy (non-hydrogen) atoms. The molecule has 3 rings (SSSR count). The van der Waals surface area contributed by atoms with E-state index in [9.17, 15) is 0 Å². The van der Waals surface area contributed by atoms with Crippen molar-refractivity contribution in [2.75, 3.05) is 7.05 Å². The summed E-state index contributed by atoms with van der Waals surface area (Å²) in [5.74, 6) is 0. The van der Waals surface area contributed by atoms with Gasteiger partial charge in [0.2, 0.25) is 0 Å². The first-order valence-electron chi connectivity index (χ1n) is 8.82. The smallest absolute Gasteiger partial charge is 0.0502 e. The molecule has 3 aromatic rings. The maximum atomic E-state index is 6.69. The Balaban J connectivity index is 1.82. The zero-order chi connectivity index (χ0) is 17.5. The van der Waals surface area contributed by atoms with Crippen molar-refractivity contribution in [1.29, 1.82) is 0 Å². The van der Waals surface area contributed by atoms with Crippen LogP contribution in [0.3, 0.4) is 0 Å². The molecule has 128 valence electrons. The Kier molecular flexibility index (Phi) is 5.99. The van der Waals surface area contributed by atoms with E-state index in [4.69, 9.17) is 5.73 Å².